The van der Waals surface area contributed by atoms with Crippen molar-refractivity contribution >= 4 is 12.1 Å². The summed E-state index contributed by atoms with van der Waals surface area (Å²) in [6, 6.07) is 0. The van der Waals surface area contributed by atoms with Crippen LogP contribution in [0.1, 0.15) is 34.1 Å². The van der Waals surface area contributed by atoms with Gasteiger partial charge in [0, 0.05) is 47.4 Å². The number of rotatable bonds is 11. The van der Waals surface area contributed by atoms with E-state index >= 15 is 0 Å². The van der Waals surface area contributed by atoms with Gasteiger partial charge in [-0.2, -0.15) is 0 Å². The molecule has 154 valence electrons. The molecule has 0 heterocycles. The molecular weight excluding hydrogens is 336 g/mol. The number of nitrogens with zero attached hydrogens (tertiary/aromatic N) is 2. The van der Waals surface area contributed by atoms with Gasteiger partial charge in [-0.05, 0) is 33.1 Å². The Kier molecular flexibility index (Phi) is 12.8. The third-order valence-electron chi connectivity index (χ3n) is 3.32. The lowest BCUT2D eigenvalue weighted by atomic mass is 10.1. The molecule has 0 spiro atoms. The van der Waals surface area contributed by atoms with Crippen LogP contribution in [0, 0.1) is 5.92 Å². The van der Waals surface area contributed by atoms with E-state index in [1.165, 1.54) is 0 Å². The average molecular weight is 375 g/mol. The van der Waals surface area contributed by atoms with Crippen LogP contribution in [-0.2, 0) is 14.2 Å². The number of carbonyl (C=O) groups excluding carboxylic acids is 1. The molecule has 8 nitrogen and oxygen atoms in total. The van der Waals surface area contributed by atoms with Crippen LogP contribution >= 0.6 is 0 Å². The first kappa shape index (κ1) is 24.5. The number of guanidine groups is 1. The van der Waals surface area contributed by atoms with Gasteiger partial charge in [-0.25, -0.2) is 4.79 Å². The Bertz CT molecular complexity index is 410. The summed E-state index contributed by atoms with van der Waals surface area (Å²) >= 11 is 0. The van der Waals surface area contributed by atoms with E-state index in [1.54, 1.807) is 26.1 Å². The summed E-state index contributed by atoms with van der Waals surface area (Å²) in [4.78, 5) is 17.8. The molecule has 0 saturated heterocycles. The van der Waals surface area contributed by atoms with Crippen LogP contribution in [0.2, 0.25) is 0 Å². The number of ether oxygens (including phenoxy) is 3. The third-order valence-corrected chi connectivity index (χ3v) is 3.32. The zero-order chi connectivity index (χ0) is 20.0. The lowest BCUT2D eigenvalue weighted by Gasteiger charge is -2.26. The highest BCUT2D eigenvalue weighted by molar-refractivity contribution is 5.79. The maximum atomic E-state index is 12.0. The fraction of sp³-hybridized carbons (Fsp3) is 0.889. The van der Waals surface area contributed by atoms with Crippen molar-refractivity contribution in [3.63, 3.8) is 0 Å². The second kappa shape index (κ2) is 13.6. The van der Waals surface area contributed by atoms with Crippen LogP contribution in [0.4, 0.5) is 4.79 Å². The van der Waals surface area contributed by atoms with Gasteiger partial charge in [0.15, 0.2) is 5.96 Å². The average Bonchev–Trinajstić information content (AvgIpc) is 2.55. The summed E-state index contributed by atoms with van der Waals surface area (Å²) in [7, 11) is 5.15. The van der Waals surface area contributed by atoms with E-state index in [0.29, 0.717) is 32.9 Å². The topological polar surface area (TPSA) is 84.4 Å². The lowest BCUT2D eigenvalue weighted by molar-refractivity contribution is 0.0278. The molecule has 1 amide bonds. The Morgan fingerprint density at radius 2 is 1.88 bits per heavy atom. The minimum absolute atomic E-state index is 0.253. The first-order chi connectivity index (χ1) is 12.2. The van der Waals surface area contributed by atoms with E-state index in [9.17, 15) is 4.79 Å². The van der Waals surface area contributed by atoms with Gasteiger partial charge in [0.1, 0.15) is 5.60 Å². The fourth-order valence-electron chi connectivity index (χ4n) is 2.06. The van der Waals surface area contributed by atoms with Gasteiger partial charge in [-0.3, -0.25) is 4.99 Å². The van der Waals surface area contributed by atoms with Crippen molar-refractivity contribution in [3.8, 4) is 0 Å². The molecule has 0 fully saturated rings. The normalized spacial score (nSPS) is 13.3. The van der Waals surface area contributed by atoms with Crippen molar-refractivity contribution in [2.24, 2.45) is 10.9 Å². The second-order valence-corrected chi connectivity index (χ2v) is 7.30. The Labute approximate surface area is 158 Å². The molecule has 0 saturated carbocycles. The van der Waals surface area contributed by atoms with E-state index in [4.69, 9.17) is 14.2 Å². The smallest absolute Gasteiger partial charge is 0.410 e. The molecule has 1 atom stereocenters. The predicted octanol–water partition coefficient (Wildman–Crippen LogP) is 1.71. The van der Waals surface area contributed by atoms with Crippen LogP contribution in [0.5, 0.6) is 0 Å². The molecule has 2 N–H and O–H groups in total. The summed E-state index contributed by atoms with van der Waals surface area (Å²) in [5.41, 5.74) is -0.480. The molecule has 0 rings (SSSR count). The Balaban J connectivity index is 3.96. The zero-order valence-corrected chi connectivity index (χ0v) is 17.6. The summed E-state index contributed by atoms with van der Waals surface area (Å²) in [5.74, 6) is 0.997. The van der Waals surface area contributed by atoms with E-state index in [-0.39, 0.29) is 12.0 Å². The Hall–Kier alpha value is -1.54. The quantitative estimate of drug-likeness (QED) is 0.325. The molecule has 0 aliphatic carbocycles. The van der Waals surface area contributed by atoms with Gasteiger partial charge < -0.3 is 29.7 Å². The van der Waals surface area contributed by atoms with Crippen molar-refractivity contribution in [3.05, 3.63) is 0 Å². The third kappa shape index (κ3) is 13.7. The summed E-state index contributed by atoms with van der Waals surface area (Å²) < 4.78 is 15.7. The number of hydrogen-bond donors (Lipinski definition) is 2. The molecule has 8 heteroatoms. The highest BCUT2D eigenvalue weighted by Crippen LogP contribution is 2.10. The molecule has 1 unspecified atom stereocenters. The second-order valence-electron chi connectivity index (χ2n) is 7.30. The molecule has 0 radical (unpaired) electrons. The van der Waals surface area contributed by atoms with Gasteiger partial charge in [-0.15, -0.1) is 0 Å². The summed E-state index contributed by atoms with van der Waals surface area (Å²) in [6.45, 7) is 11.7. The van der Waals surface area contributed by atoms with Crippen molar-refractivity contribution in [2.45, 2.75) is 39.7 Å². The van der Waals surface area contributed by atoms with Gasteiger partial charge in [0.25, 0.3) is 0 Å². The molecule has 26 heavy (non-hydrogen) atoms. The van der Waals surface area contributed by atoms with Crippen LogP contribution in [0.25, 0.3) is 0 Å². The standard InChI is InChI=1S/C18H38N4O4/c1-15(14-22(6)17(23)26-18(2,3)4)13-21-16(19-5)20-9-8-10-25-12-11-24-7/h15H,8-14H2,1-7H3,(H2,19,20,21). The first-order valence-electron chi connectivity index (χ1n) is 9.15. The molecule has 0 aromatic rings. The lowest BCUT2D eigenvalue weighted by Crippen LogP contribution is -2.43. The highest BCUT2D eigenvalue weighted by Gasteiger charge is 2.20. The largest absolute Gasteiger partial charge is 0.444 e. The zero-order valence-electron chi connectivity index (χ0n) is 17.6. The summed E-state index contributed by atoms with van der Waals surface area (Å²) in [6.07, 6.45) is 0.585. The minimum Gasteiger partial charge on any atom is -0.444 e. The number of methoxy groups -OCH3 is 1. The Morgan fingerprint density at radius 3 is 2.46 bits per heavy atom. The molecule has 0 aliphatic rings. The van der Waals surface area contributed by atoms with Crippen LogP contribution in [0.3, 0.4) is 0 Å². The van der Waals surface area contributed by atoms with Gasteiger partial charge in [0.05, 0.1) is 13.2 Å². The van der Waals surface area contributed by atoms with Crippen LogP contribution < -0.4 is 10.6 Å². The van der Waals surface area contributed by atoms with Crippen molar-refractivity contribution < 1.29 is 19.0 Å². The van der Waals surface area contributed by atoms with Crippen molar-refractivity contribution in [1.29, 1.82) is 0 Å². The van der Waals surface area contributed by atoms with E-state index in [0.717, 1.165) is 18.9 Å². The fourth-order valence-corrected chi connectivity index (χ4v) is 2.06. The molecule has 0 aliphatic heterocycles. The number of carbonyl (C=O) groups is 1. The molecular formula is C18H38N4O4. The molecule has 0 aromatic heterocycles. The van der Waals surface area contributed by atoms with Gasteiger partial charge in [0.2, 0.25) is 0 Å². The van der Waals surface area contributed by atoms with Crippen molar-refractivity contribution in [2.75, 3.05) is 60.7 Å². The van der Waals surface area contributed by atoms with Crippen molar-refractivity contribution in [1.82, 2.24) is 15.5 Å². The maximum absolute atomic E-state index is 12.0. The van der Waals surface area contributed by atoms with Gasteiger partial charge in [-0.1, -0.05) is 6.92 Å². The SMILES string of the molecule is CN=C(NCCCOCCOC)NCC(C)CN(C)C(=O)OC(C)(C)C. The molecule has 0 bridgehead atoms. The van der Waals surface area contributed by atoms with Crippen LogP contribution in [0.15, 0.2) is 4.99 Å². The number of nitrogens with one attached hydrogen (secondary N) is 2. The van der Waals surface area contributed by atoms with Crippen LogP contribution in [-0.4, -0.2) is 83.2 Å². The number of aliphatic imine (C=N–C) groups is 1. The Morgan fingerprint density at radius 1 is 1.19 bits per heavy atom. The molecule has 0 aromatic carbocycles. The monoisotopic (exact) mass is 374 g/mol. The summed E-state index contributed by atoms with van der Waals surface area (Å²) in [5, 5.41) is 6.52. The maximum Gasteiger partial charge on any atom is 0.410 e. The predicted molar refractivity (Wildman–Crippen MR) is 105 cm³/mol. The minimum atomic E-state index is -0.480. The van der Waals surface area contributed by atoms with E-state index in [1.807, 2.05) is 20.8 Å². The highest BCUT2D eigenvalue weighted by atomic mass is 16.6. The van der Waals surface area contributed by atoms with E-state index < -0.39 is 5.60 Å². The van der Waals surface area contributed by atoms with Gasteiger partial charge >= 0.3 is 6.09 Å². The number of hydrogen-bond acceptors (Lipinski definition) is 5. The van der Waals surface area contributed by atoms with E-state index in [2.05, 4.69) is 22.5 Å². The number of amides is 1. The first-order valence-corrected chi connectivity index (χ1v) is 9.15.